The van der Waals surface area contributed by atoms with Crippen LogP contribution in [0.25, 0.3) is 10.9 Å². The van der Waals surface area contributed by atoms with E-state index >= 15 is 0 Å². The SMILES string of the molecule is COc1ccc2nc(CN3CCN(CP(=O)(O)O)CCN(CP(=O)(O)O)CCN(CP(=O)(O)O)CC3)ccc2c1. The highest BCUT2D eigenvalue weighted by atomic mass is 31.2. The maximum Gasteiger partial charge on any atom is 0.339 e. The molecule has 1 aliphatic heterocycles. The molecule has 6 N–H and O–H groups in total. The Labute approximate surface area is 232 Å². The smallest absolute Gasteiger partial charge is 0.339 e. The van der Waals surface area contributed by atoms with E-state index in [1.807, 2.05) is 35.2 Å². The number of methoxy groups -OCH3 is 1. The molecule has 2 aromatic rings. The summed E-state index contributed by atoms with van der Waals surface area (Å²) >= 11 is 0. The molecule has 0 radical (unpaired) electrons. The minimum atomic E-state index is -4.45. The van der Waals surface area contributed by atoms with Crippen LogP contribution in [0.1, 0.15) is 5.69 Å². The molecular weight excluding hydrogens is 587 g/mol. The first-order chi connectivity index (χ1) is 18.6. The first kappa shape index (κ1) is 33.2. The zero-order valence-corrected chi connectivity index (χ0v) is 24.9. The molecule has 0 saturated carbocycles. The molecule has 1 aliphatic rings. The van der Waals surface area contributed by atoms with Crippen molar-refractivity contribution in [1.82, 2.24) is 24.6 Å². The van der Waals surface area contributed by atoms with E-state index in [9.17, 15) is 43.1 Å². The second-order valence-corrected chi connectivity index (χ2v) is 14.7. The summed E-state index contributed by atoms with van der Waals surface area (Å²) in [5, 5.41) is 0.900. The number of hydrogen-bond donors (Lipinski definition) is 6. The average Bonchev–Trinajstić information content (AvgIpc) is 2.82. The number of rotatable bonds is 9. The van der Waals surface area contributed by atoms with Gasteiger partial charge in [0.1, 0.15) is 24.6 Å². The van der Waals surface area contributed by atoms with E-state index in [2.05, 4.69) is 0 Å². The molecular formula is C22H38N5O10P3. The topological polar surface area (TPSA) is 208 Å². The normalized spacial score (nSPS) is 18.9. The Morgan fingerprint density at radius 1 is 0.675 bits per heavy atom. The first-order valence-corrected chi connectivity index (χ1v) is 17.9. The van der Waals surface area contributed by atoms with Crippen molar-refractivity contribution in [2.75, 3.05) is 78.3 Å². The van der Waals surface area contributed by atoms with Crippen molar-refractivity contribution < 1.29 is 47.8 Å². The lowest BCUT2D eigenvalue weighted by molar-refractivity contribution is 0.142. The second-order valence-electron chi connectivity index (χ2n) is 9.91. The maximum atomic E-state index is 11.8. The van der Waals surface area contributed by atoms with Gasteiger partial charge in [0.05, 0.1) is 18.3 Å². The number of benzene rings is 1. The van der Waals surface area contributed by atoms with Gasteiger partial charge in [-0.05, 0) is 24.3 Å². The molecule has 1 fully saturated rings. The van der Waals surface area contributed by atoms with Gasteiger partial charge in [-0.25, -0.2) is 0 Å². The number of pyridine rings is 1. The molecule has 1 saturated heterocycles. The Kier molecular flexibility index (Phi) is 11.8. The number of nitrogens with zero attached hydrogens (tertiary/aromatic N) is 5. The zero-order chi connectivity index (χ0) is 29.6. The van der Waals surface area contributed by atoms with Gasteiger partial charge in [0, 0.05) is 64.3 Å². The van der Waals surface area contributed by atoms with Crippen LogP contribution in [0.3, 0.4) is 0 Å². The van der Waals surface area contributed by atoms with Crippen LogP contribution in [0.5, 0.6) is 5.75 Å². The number of aromatic nitrogens is 1. The van der Waals surface area contributed by atoms with E-state index in [-0.39, 0.29) is 39.3 Å². The fraction of sp³-hybridized carbons (Fsp3) is 0.591. The molecule has 0 amide bonds. The molecule has 0 bridgehead atoms. The third kappa shape index (κ3) is 12.3. The Hall–Kier alpha value is -1.28. The van der Waals surface area contributed by atoms with Gasteiger partial charge >= 0.3 is 22.8 Å². The molecule has 40 heavy (non-hydrogen) atoms. The van der Waals surface area contributed by atoms with Crippen molar-refractivity contribution in [2.24, 2.45) is 0 Å². The lowest BCUT2D eigenvalue weighted by Crippen LogP contribution is -2.46. The monoisotopic (exact) mass is 625 g/mol. The molecule has 2 heterocycles. The predicted molar refractivity (Wildman–Crippen MR) is 149 cm³/mol. The van der Waals surface area contributed by atoms with Crippen molar-refractivity contribution in [1.29, 1.82) is 0 Å². The third-order valence-corrected chi connectivity index (χ3v) is 8.73. The van der Waals surface area contributed by atoms with Gasteiger partial charge in [0.15, 0.2) is 0 Å². The van der Waals surface area contributed by atoms with Crippen molar-refractivity contribution in [3.05, 3.63) is 36.0 Å². The quantitative estimate of drug-likeness (QED) is 0.208. The van der Waals surface area contributed by atoms with Gasteiger partial charge in [-0.1, -0.05) is 6.07 Å². The van der Waals surface area contributed by atoms with Crippen molar-refractivity contribution in [3.63, 3.8) is 0 Å². The largest absolute Gasteiger partial charge is 0.497 e. The third-order valence-electron chi connectivity index (χ3n) is 6.42. The van der Waals surface area contributed by atoms with Crippen molar-refractivity contribution in [2.45, 2.75) is 6.54 Å². The van der Waals surface area contributed by atoms with Crippen molar-refractivity contribution >= 4 is 33.7 Å². The van der Waals surface area contributed by atoms with E-state index in [0.29, 0.717) is 25.4 Å². The van der Waals surface area contributed by atoms with Gasteiger partial charge in [-0.3, -0.25) is 38.3 Å². The van der Waals surface area contributed by atoms with Gasteiger partial charge in [0.2, 0.25) is 0 Å². The summed E-state index contributed by atoms with van der Waals surface area (Å²) in [4.78, 5) is 68.8. The highest BCUT2D eigenvalue weighted by molar-refractivity contribution is 7.52. The van der Waals surface area contributed by atoms with E-state index < -0.39 is 41.6 Å². The van der Waals surface area contributed by atoms with Crippen LogP contribution in [-0.4, -0.2) is 132 Å². The van der Waals surface area contributed by atoms with Crippen LogP contribution in [0.4, 0.5) is 0 Å². The number of fused-ring (bicyclic) bond motifs is 1. The van der Waals surface area contributed by atoms with Gasteiger partial charge in [0.25, 0.3) is 0 Å². The van der Waals surface area contributed by atoms with E-state index in [1.165, 1.54) is 4.90 Å². The molecule has 18 heteroatoms. The zero-order valence-electron chi connectivity index (χ0n) is 22.3. The first-order valence-electron chi connectivity index (χ1n) is 12.6. The van der Waals surface area contributed by atoms with Crippen LogP contribution in [-0.2, 0) is 20.2 Å². The summed E-state index contributed by atoms with van der Waals surface area (Å²) in [6.45, 7) is 2.08. The molecule has 3 rings (SSSR count). The molecule has 226 valence electrons. The van der Waals surface area contributed by atoms with Crippen molar-refractivity contribution in [3.8, 4) is 5.75 Å². The number of ether oxygens (including phenoxy) is 1. The highest BCUT2D eigenvalue weighted by Gasteiger charge is 2.26. The predicted octanol–water partition coefficient (Wildman–Crippen LogP) is 0.371. The van der Waals surface area contributed by atoms with E-state index in [0.717, 1.165) is 16.6 Å². The van der Waals surface area contributed by atoms with Crippen LogP contribution in [0.2, 0.25) is 0 Å². The van der Waals surface area contributed by atoms with Gasteiger partial charge in [-0.15, -0.1) is 0 Å². The number of hydrogen-bond acceptors (Lipinski definition) is 9. The second kappa shape index (κ2) is 14.3. The summed E-state index contributed by atoms with van der Waals surface area (Å²) in [6, 6.07) is 9.33. The summed E-state index contributed by atoms with van der Waals surface area (Å²) in [5.41, 5.74) is 1.52. The summed E-state index contributed by atoms with van der Waals surface area (Å²) in [6.07, 6.45) is -1.60. The van der Waals surface area contributed by atoms with Crippen LogP contribution < -0.4 is 4.74 Å². The molecule has 0 unspecified atom stereocenters. The standard InChI is InChI=1S/C22H38N5O10P3/c1-37-21-4-5-22-19(14-21)2-3-20(23-22)15-24-6-8-25(16-38(28,29)30)10-12-27(18-40(34,35)36)13-11-26(9-7-24)17-39(31,32)33/h2-5,14H,6-13,15-18H2,1H3,(H2,28,29,30)(H2,31,32,33)(H2,34,35,36). The summed E-state index contributed by atoms with van der Waals surface area (Å²) < 4.78 is 40.6. The fourth-order valence-corrected chi connectivity index (χ4v) is 6.94. The van der Waals surface area contributed by atoms with Crippen LogP contribution in [0.15, 0.2) is 30.3 Å². The Bertz CT molecular complexity index is 1230. The lowest BCUT2D eigenvalue weighted by Gasteiger charge is -2.34. The lowest BCUT2D eigenvalue weighted by atomic mass is 10.2. The average molecular weight is 625 g/mol. The van der Waals surface area contributed by atoms with Crippen LogP contribution >= 0.6 is 22.8 Å². The maximum absolute atomic E-state index is 11.8. The van der Waals surface area contributed by atoms with Gasteiger partial charge in [-0.2, -0.15) is 0 Å². The highest BCUT2D eigenvalue weighted by Crippen LogP contribution is 2.37. The van der Waals surface area contributed by atoms with Crippen LogP contribution in [0, 0.1) is 0 Å². The van der Waals surface area contributed by atoms with Gasteiger partial charge < -0.3 is 34.1 Å². The molecule has 15 nitrogen and oxygen atoms in total. The molecule has 1 aromatic heterocycles. The fourth-order valence-electron chi connectivity index (χ4n) is 4.53. The van der Waals surface area contributed by atoms with E-state index in [1.54, 1.807) is 16.9 Å². The molecule has 0 atom stereocenters. The van der Waals surface area contributed by atoms with E-state index in [4.69, 9.17) is 9.72 Å². The molecule has 0 aliphatic carbocycles. The molecule has 1 aromatic carbocycles. The minimum absolute atomic E-state index is 0.102. The Balaban J connectivity index is 1.83. The minimum Gasteiger partial charge on any atom is -0.497 e. The molecule has 0 spiro atoms. The Morgan fingerprint density at radius 3 is 1.50 bits per heavy atom. The summed E-state index contributed by atoms with van der Waals surface area (Å²) in [7, 11) is -11.7. The summed E-state index contributed by atoms with van der Waals surface area (Å²) in [5.74, 6) is 0.708. The Morgan fingerprint density at radius 2 is 1.10 bits per heavy atom.